The first-order valence-electron chi connectivity index (χ1n) is 3.64. The lowest BCUT2D eigenvalue weighted by atomic mass is 10.1. The van der Waals surface area contributed by atoms with Crippen molar-refractivity contribution in [2.75, 3.05) is 0 Å². The highest BCUT2D eigenvalue weighted by atomic mass is 79.9. The number of pyridine rings is 1. The molecule has 0 radical (unpaired) electrons. The molecule has 62 valence electrons. The molecule has 0 saturated carbocycles. The zero-order chi connectivity index (χ0) is 8.39. The summed E-state index contributed by atoms with van der Waals surface area (Å²) in [6.07, 6.45) is 4.37. The summed E-state index contributed by atoms with van der Waals surface area (Å²) in [5, 5.41) is 3.80. The third-order valence-electron chi connectivity index (χ3n) is 1.69. The van der Waals surface area contributed by atoms with E-state index < -0.39 is 0 Å². The van der Waals surface area contributed by atoms with Crippen LogP contribution in [0.2, 0.25) is 0 Å². The maximum atomic E-state index is 5.15. The largest absolute Gasteiger partial charge is 0.386 e. The molecule has 0 N–H and O–H groups in total. The fourth-order valence-electron chi connectivity index (χ4n) is 1.09. The molecule has 1 aliphatic heterocycles. The smallest absolute Gasteiger partial charge is 0.160 e. The fourth-order valence-corrected chi connectivity index (χ4v) is 1.47. The Morgan fingerprint density at radius 3 is 3.08 bits per heavy atom. The zero-order valence-corrected chi connectivity index (χ0v) is 7.86. The van der Waals surface area contributed by atoms with Crippen molar-refractivity contribution in [1.82, 2.24) is 4.98 Å². The molecule has 1 aromatic heterocycles. The minimum atomic E-state index is 0.0353. The second-order valence-corrected chi connectivity index (χ2v) is 3.47. The minimum Gasteiger partial charge on any atom is -0.386 e. The predicted molar refractivity (Wildman–Crippen MR) is 49.0 cm³/mol. The zero-order valence-electron chi connectivity index (χ0n) is 6.27. The summed E-state index contributed by atoms with van der Waals surface area (Å²) >= 11 is 3.28. The molecule has 2 rings (SSSR count). The molecule has 1 atom stereocenters. The molecule has 0 bridgehead atoms. The van der Waals surface area contributed by atoms with Crippen molar-refractivity contribution in [2.45, 2.75) is 12.5 Å². The summed E-state index contributed by atoms with van der Waals surface area (Å²) in [6.45, 7) is 0. The van der Waals surface area contributed by atoms with Gasteiger partial charge in [-0.3, -0.25) is 4.98 Å². The number of hydrogen-bond donors (Lipinski definition) is 0. The van der Waals surface area contributed by atoms with E-state index >= 15 is 0 Å². The molecule has 2 heterocycles. The number of aromatic nitrogens is 1. The van der Waals surface area contributed by atoms with Crippen molar-refractivity contribution in [2.24, 2.45) is 5.16 Å². The normalized spacial score (nSPS) is 21.8. The van der Waals surface area contributed by atoms with Crippen molar-refractivity contribution in [3.63, 3.8) is 0 Å². The Labute approximate surface area is 78.6 Å². The summed E-state index contributed by atoms with van der Waals surface area (Å²) in [4.78, 5) is 9.16. The van der Waals surface area contributed by atoms with E-state index in [1.807, 2.05) is 12.1 Å². The summed E-state index contributed by atoms with van der Waals surface area (Å²) in [5.74, 6) is 0. The number of nitrogens with zero attached hydrogens (tertiary/aromatic N) is 2. The van der Waals surface area contributed by atoms with Crippen LogP contribution in [0.1, 0.15) is 18.1 Å². The molecule has 4 heteroatoms. The minimum absolute atomic E-state index is 0.0353. The SMILES string of the molecule is BrC1=NOC(c2cccnc2)C1. The van der Waals surface area contributed by atoms with Crippen LogP contribution in [0, 0.1) is 0 Å². The molecular weight excluding hydrogens is 220 g/mol. The summed E-state index contributed by atoms with van der Waals surface area (Å²) in [7, 11) is 0. The van der Waals surface area contributed by atoms with E-state index in [2.05, 4.69) is 26.1 Å². The van der Waals surface area contributed by atoms with Crippen molar-refractivity contribution in [3.05, 3.63) is 30.1 Å². The third-order valence-corrected chi connectivity index (χ3v) is 2.16. The van der Waals surface area contributed by atoms with Gasteiger partial charge in [-0.2, -0.15) is 0 Å². The molecular formula is C8H7BrN2O. The molecule has 0 fully saturated rings. The van der Waals surface area contributed by atoms with Gasteiger partial charge < -0.3 is 4.84 Å². The van der Waals surface area contributed by atoms with Gasteiger partial charge in [0.2, 0.25) is 0 Å². The van der Waals surface area contributed by atoms with Crippen LogP contribution in [0.5, 0.6) is 0 Å². The Bertz CT molecular complexity index is 299. The maximum Gasteiger partial charge on any atom is 0.160 e. The van der Waals surface area contributed by atoms with Crippen LogP contribution in [0.15, 0.2) is 29.7 Å². The van der Waals surface area contributed by atoms with Crippen LogP contribution in [0.3, 0.4) is 0 Å². The molecule has 1 aromatic rings. The molecule has 0 aliphatic carbocycles. The van der Waals surface area contributed by atoms with E-state index in [4.69, 9.17) is 4.84 Å². The van der Waals surface area contributed by atoms with Crippen LogP contribution in [0.25, 0.3) is 0 Å². The lowest BCUT2D eigenvalue weighted by molar-refractivity contribution is 0.0855. The number of halogens is 1. The molecule has 0 aromatic carbocycles. The van der Waals surface area contributed by atoms with Gasteiger partial charge in [-0.1, -0.05) is 11.2 Å². The number of oxime groups is 1. The van der Waals surface area contributed by atoms with Gasteiger partial charge in [0.15, 0.2) is 6.10 Å². The Balaban J connectivity index is 2.14. The van der Waals surface area contributed by atoms with Gasteiger partial charge in [0.25, 0.3) is 0 Å². The Kier molecular flexibility index (Phi) is 2.08. The van der Waals surface area contributed by atoms with Gasteiger partial charge in [-0.15, -0.1) is 0 Å². The lowest BCUT2D eigenvalue weighted by Crippen LogP contribution is -1.96. The standard InChI is InChI=1S/C8H7BrN2O/c9-8-4-7(12-11-8)6-2-1-3-10-5-6/h1-3,5,7H,4H2. The average molecular weight is 227 g/mol. The van der Waals surface area contributed by atoms with Crippen LogP contribution in [-0.2, 0) is 4.84 Å². The van der Waals surface area contributed by atoms with Crippen molar-refractivity contribution in [1.29, 1.82) is 0 Å². The van der Waals surface area contributed by atoms with Crippen molar-refractivity contribution in [3.8, 4) is 0 Å². The number of hydrogen-bond acceptors (Lipinski definition) is 3. The molecule has 0 saturated heterocycles. The predicted octanol–water partition coefficient (Wildman–Crippen LogP) is 2.25. The molecule has 0 spiro atoms. The quantitative estimate of drug-likeness (QED) is 0.737. The lowest BCUT2D eigenvalue weighted by Gasteiger charge is -2.05. The topological polar surface area (TPSA) is 34.5 Å². The summed E-state index contributed by atoms with van der Waals surface area (Å²) in [6, 6.07) is 3.88. The van der Waals surface area contributed by atoms with E-state index in [1.54, 1.807) is 12.4 Å². The molecule has 3 nitrogen and oxygen atoms in total. The first-order valence-corrected chi connectivity index (χ1v) is 4.43. The second kappa shape index (κ2) is 3.23. The summed E-state index contributed by atoms with van der Waals surface area (Å²) < 4.78 is 0.858. The van der Waals surface area contributed by atoms with Crippen LogP contribution < -0.4 is 0 Å². The highest BCUT2D eigenvalue weighted by Crippen LogP contribution is 2.27. The molecule has 12 heavy (non-hydrogen) atoms. The first-order chi connectivity index (χ1) is 5.86. The van der Waals surface area contributed by atoms with Gasteiger partial charge in [-0.05, 0) is 22.0 Å². The molecule has 1 aliphatic rings. The fraction of sp³-hybridized carbons (Fsp3) is 0.250. The first kappa shape index (κ1) is 7.73. The average Bonchev–Trinajstić information content (AvgIpc) is 2.54. The highest BCUT2D eigenvalue weighted by molar-refractivity contribution is 9.18. The molecule has 1 unspecified atom stereocenters. The van der Waals surface area contributed by atoms with Gasteiger partial charge in [0.1, 0.15) is 4.62 Å². The van der Waals surface area contributed by atoms with Crippen LogP contribution >= 0.6 is 15.9 Å². The van der Waals surface area contributed by atoms with E-state index in [-0.39, 0.29) is 6.10 Å². The number of rotatable bonds is 1. The third kappa shape index (κ3) is 1.48. The summed E-state index contributed by atoms with van der Waals surface area (Å²) in [5.41, 5.74) is 1.07. The molecule has 0 amide bonds. The van der Waals surface area contributed by atoms with E-state index in [9.17, 15) is 0 Å². The van der Waals surface area contributed by atoms with E-state index in [0.29, 0.717) is 0 Å². The van der Waals surface area contributed by atoms with E-state index in [1.165, 1.54) is 0 Å². The highest BCUT2D eigenvalue weighted by Gasteiger charge is 2.20. The van der Waals surface area contributed by atoms with E-state index in [0.717, 1.165) is 16.6 Å². The Morgan fingerprint density at radius 1 is 1.58 bits per heavy atom. The maximum absolute atomic E-state index is 5.15. The van der Waals surface area contributed by atoms with Gasteiger partial charge in [0, 0.05) is 24.4 Å². The second-order valence-electron chi connectivity index (χ2n) is 2.55. The van der Waals surface area contributed by atoms with Crippen LogP contribution in [-0.4, -0.2) is 9.60 Å². The monoisotopic (exact) mass is 226 g/mol. The van der Waals surface area contributed by atoms with Gasteiger partial charge >= 0.3 is 0 Å². The van der Waals surface area contributed by atoms with Gasteiger partial charge in [0.05, 0.1) is 0 Å². The van der Waals surface area contributed by atoms with Crippen molar-refractivity contribution < 1.29 is 4.84 Å². The van der Waals surface area contributed by atoms with Crippen molar-refractivity contribution >= 4 is 20.6 Å². The Morgan fingerprint density at radius 2 is 2.50 bits per heavy atom. The van der Waals surface area contributed by atoms with Crippen LogP contribution in [0.4, 0.5) is 0 Å². The van der Waals surface area contributed by atoms with Gasteiger partial charge in [-0.25, -0.2) is 0 Å². The Hall–Kier alpha value is -0.900.